The van der Waals surface area contributed by atoms with Gasteiger partial charge in [0.05, 0.1) is 16.9 Å². The summed E-state index contributed by atoms with van der Waals surface area (Å²) >= 11 is 5.85. The van der Waals surface area contributed by atoms with Gasteiger partial charge in [-0.2, -0.15) is 5.10 Å². The summed E-state index contributed by atoms with van der Waals surface area (Å²) in [5, 5.41) is 16.6. The van der Waals surface area contributed by atoms with Gasteiger partial charge in [0.25, 0.3) is 5.91 Å². The van der Waals surface area contributed by atoms with Crippen LogP contribution < -0.4 is 5.32 Å². The molecule has 23 heavy (non-hydrogen) atoms. The summed E-state index contributed by atoms with van der Waals surface area (Å²) in [6, 6.07) is 6.08. The number of carbonyl (C=O) groups is 2. The van der Waals surface area contributed by atoms with Crippen LogP contribution in [0.4, 0.5) is 0 Å². The molecule has 0 aliphatic rings. The van der Waals surface area contributed by atoms with Crippen LogP contribution in [0.2, 0.25) is 5.02 Å². The van der Waals surface area contributed by atoms with Crippen LogP contribution in [0, 0.1) is 12.8 Å². The maximum absolute atomic E-state index is 12.3. The highest BCUT2D eigenvalue weighted by Crippen LogP contribution is 2.16. The summed E-state index contributed by atoms with van der Waals surface area (Å²) in [5.74, 6) is -1.73. The fourth-order valence-corrected chi connectivity index (χ4v) is 2.27. The summed E-state index contributed by atoms with van der Waals surface area (Å²) in [6.07, 6.45) is 1.58. The van der Waals surface area contributed by atoms with Crippen LogP contribution in [0.5, 0.6) is 0 Å². The fraction of sp³-hybridized carbons (Fsp3) is 0.312. The van der Waals surface area contributed by atoms with E-state index < -0.39 is 17.9 Å². The standard InChI is InChI=1S/C16H18ClN3O3/c1-9(2)14(16(22)23)18-15(21)13-8-20(19-10(13)3)12-6-4-11(17)5-7-12/h4-9,14H,1-3H3,(H,18,21)(H,22,23)/t14-/m0/s1. The Hall–Kier alpha value is -2.34. The van der Waals surface area contributed by atoms with Gasteiger partial charge in [-0.15, -0.1) is 0 Å². The van der Waals surface area contributed by atoms with Crippen LogP contribution in [0.15, 0.2) is 30.5 Å². The number of carboxylic acid groups (broad SMARTS) is 1. The van der Waals surface area contributed by atoms with E-state index in [2.05, 4.69) is 10.4 Å². The first-order chi connectivity index (χ1) is 10.8. The van der Waals surface area contributed by atoms with E-state index in [1.54, 1.807) is 55.9 Å². The molecule has 0 fully saturated rings. The number of aliphatic carboxylic acids is 1. The molecule has 1 amide bonds. The fourth-order valence-electron chi connectivity index (χ4n) is 2.14. The SMILES string of the molecule is Cc1nn(-c2ccc(Cl)cc2)cc1C(=O)N[C@H](C(=O)O)C(C)C. The van der Waals surface area contributed by atoms with Crippen molar-refractivity contribution in [2.75, 3.05) is 0 Å². The van der Waals surface area contributed by atoms with Gasteiger partial charge in [0, 0.05) is 11.2 Å². The summed E-state index contributed by atoms with van der Waals surface area (Å²) in [5.41, 5.74) is 1.62. The summed E-state index contributed by atoms with van der Waals surface area (Å²) in [4.78, 5) is 23.5. The van der Waals surface area contributed by atoms with E-state index in [9.17, 15) is 9.59 Å². The van der Waals surface area contributed by atoms with E-state index >= 15 is 0 Å². The van der Waals surface area contributed by atoms with Gasteiger partial charge in [-0.25, -0.2) is 9.48 Å². The molecule has 2 N–H and O–H groups in total. The zero-order chi connectivity index (χ0) is 17.1. The Balaban J connectivity index is 2.25. The number of benzene rings is 1. The second-order valence-corrected chi connectivity index (χ2v) is 6.02. The molecule has 0 spiro atoms. The minimum Gasteiger partial charge on any atom is -0.480 e. The van der Waals surface area contributed by atoms with E-state index in [1.165, 1.54) is 0 Å². The first kappa shape index (κ1) is 17.0. The summed E-state index contributed by atoms with van der Waals surface area (Å²) in [7, 11) is 0. The number of carbonyl (C=O) groups excluding carboxylic acids is 1. The molecule has 122 valence electrons. The predicted octanol–water partition coefficient (Wildman–Crippen LogP) is 2.67. The lowest BCUT2D eigenvalue weighted by Crippen LogP contribution is -2.44. The van der Waals surface area contributed by atoms with Crippen molar-refractivity contribution in [1.82, 2.24) is 15.1 Å². The topological polar surface area (TPSA) is 84.2 Å². The molecule has 0 radical (unpaired) electrons. The lowest BCUT2D eigenvalue weighted by atomic mass is 10.0. The van der Waals surface area contributed by atoms with Gasteiger partial charge >= 0.3 is 5.97 Å². The van der Waals surface area contributed by atoms with E-state index in [-0.39, 0.29) is 5.92 Å². The van der Waals surface area contributed by atoms with Crippen molar-refractivity contribution in [3.8, 4) is 5.69 Å². The first-order valence-electron chi connectivity index (χ1n) is 7.15. The van der Waals surface area contributed by atoms with Gasteiger partial charge < -0.3 is 10.4 Å². The van der Waals surface area contributed by atoms with E-state index in [0.717, 1.165) is 5.69 Å². The van der Waals surface area contributed by atoms with Crippen LogP contribution in [-0.4, -0.2) is 32.8 Å². The number of carboxylic acids is 1. The Labute approximate surface area is 139 Å². The number of aryl methyl sites for hydroxylation is 1. The van der Waals surface area contributed by atoms with Gasteiger partial charge in [-0.3, -0.25) is 4.79 Å². The largest absolute Gasteiger partial charge is 0.480 e. The maximum Gasteiger partial charge on any atom is 0.326 e. The Morgan fingerprint density at radius 1 is 1.26 bits per heavy atom. The number of aromatic nitrogens is 2. The lowest BCUT2D eigenvalue weighted by Gasteiger charge is -2.17. The van der Waals surface area contributed by atoms with Gasteiger partial charge in [0.15, 0.2) is 0 Å². The van der Waals surface area contributed by atoms with Crippen LogP contribution in [0.3, 0.4) is 0 Å². The molecular formula is C16H18ClN3O3. The smallest absolute Gasteiger partial charge is 0.326 e. The van der Waals surface area contributed by atoms with Crippen molar-refractivity contribution in [2.45, 2.75) is 26.8 Å². The van der Waals surface area contributed by atoms with Crippen LogP contribution in [-0.2, 0) is 4.79 Å². The van der Waals surface area contributed by atoms with Crippen molar-refractivity contribution >= 4 is 23.5 Å². The number of nitrogens with one attached hydrogen (secondary N) is 1. The zero-order valence-electron chi connectivity index (χ0n) is 13.1. The molecule has 0 bridgehead atoms. The average Bonchev–Trinajstić information content (AvgIpc) is 2.86. The summed E-state index contributed by atoms with van der Waals surface area (Å²) < 4.78 is 1.56. The van der Waals surface area contributed by atoms with Crippen molar-refractivity contribution in [3.63, 3.8) is 0 Å². The number of rotatable bonds is 5. The maximum atomic E-state index is 12.3. The molecule has 2 rings (SSSR count). The number of hydrogen-bond acceptors (Lipinski definition) is 3. The molecule has 0 aliphatic carbocycles. The second-order valence-electron chi connectivity index (χ2n) is 5.58. The lowest BCUT2D eigenvalue weighted by molar-refractivity contribution is -0.140. The average molecular weight is 336 g/mol. The normalized spacial score (nSPS) is 12.2. The van der Waals surface area contributed by atoms with Crippen molar-refractivity contribution in [1.29, 1.82) is 0 Å². The highest BCUT2D eigenvalue weighted by Gasteiger charge is 2.25. The Bertz CT molecular complexity index is 723. The summed E-state index contributed by atoms with van der Waals surface area (Å²) in [6.45, 7) is 5.18. The first-order valence-corrected chi connectivity index (χ1v) is 7.53. The van der Waals surface area contributed by atoms with Crippen molar-refractivity contribution < 1.29 is 14.7 Å². The Kier molecular flexibility index (Phi) is 5.05. The Morgan fingerprint density at radius 2 is 1.87 bits per heavy atom. The van der Waals surface area contributed by atoms with Gasteiger partial charge in [-0.1, -0.05) is 25.4 Å². The van der Waals surface area contributed by atoms with E-state index in [0.29, 0.717) is 16.3 Å². The molecule has 0 aliphatic heterocycles. The Morgan fingerprint density at radius 3 is 2.39 bits per heavy atom. The molecule has 1 aromatic heterocycles. The molecule has 2 aromatic rings. The van der Waals surface area contributed by atoms with Gasteiger partial charge in [0.1, 0.15) is 6.04 Å². The van der Waals surface area contributed by atoms with Crippen LogP contribution >= 0.6 is 11.6 Å². The molecule has 6 nitrogen and oxygen atoms in total. The van der Waals surface area contributed by atoms with E-state index in [1.807, 2.05) is 0 Å². The van der Waals surface area contributed by atoms with Crippen molar-refractivity contribution in [3.05, 3.63) is 46.7 Å². The quantitative estimate of drug-likeness (QED) is 0.879. The predicted molar refractivity (Wildman–Crippen MR) is 87.0 cm³/mol. The molecule has 7 heteroatoms. The molecule has 0 unspecified atom stereocenters. The van der Waals surface area contributed by atoms with Crippen LogP contribution in [0.25, 0.3) is 5.69 Å². The molecule has 1 heterocycles. The highest BCUT2D eigenvalue weighted by atomic mass is 35.5. The third-order valence-electron chi connectivity index (χ3n) is 3.45. The van der Waals surface area contributed by atoms with Crippen molar-refractivity contribution in [2.24, 2.45) is 5.92 Å². The zero-order valence-corrected chi connectivity index (χ0v) is 13.8. The minimum absolute atomic E-state index is 0.219. The van der Waals surface area contributed by atoms with E-state index in [4.69, 9.17) is 16.7 Å². The monoisotopic (exact) mass is 335 g/mol. The molecule has 1 atom stereocenters. The second kappa shape index (κ2) is 6.83. The minimum atomic E-state index is -1.06. The highest BCUT2D eigenvalue weighted by molar-refractivity contribution is 6.30. The third kappa shape index (κ3) is 3.90. The molecule has 0 saturated heterocycles. The third-order valence-corrected chi connectivity index (χ3v) is 3.71. The molecule has 1 aromatic carbocycles. The van der Waals surface area contributed by atoms with Gasteiger partial charge in [0.2, 0.25) is 0 Å². The molecule has 0 saturated carbocycles. The number of nitrogens with zero attached hydrogens (tertiary/aromatic N) is 2. The van der Waals surface area contributed by atoms with Gasteiger partial charge in [-0.05, 0) is 37.1 Å². The number of halogens is 1. The molecular weight excluding hydrogens is 318 g/mol. The van der Waals surface area contributed by atoms with Crippen LogP contribution in [0.1, 0.15) is 29.9 Å². The number of amides is 1. The number of hydrogen-bond donors (Lipinski definition) is 2.